The number of ether oxygens (including phenoxy) is 1. The number of hydrogen-bond donors (Lipinski definition) is 2. The molecular weight excluding hydrogens is 252 g/mol. The molecule has 0 atom stereocenters. The van der Waals surface area contributed by atoms with Crippen LogP contribution >= 0.6 is 0 Å². The van der Waals surface area contributed by atoms with Gasteiger partial charge in [-0.2, -0.15) is 0 Å². The highest BCUT2D eigenvalue weighted by molar-refractivity contribution is 5.99. The maximum absolute atomic E-state index is 12.4. The number of rotatable bonds is 2. The first kappa shape index (κ1) is 13.3. The smallest absolute Gasteiger partial charge is 0.255 e. The highest BCUT2D eigenvalue weighted by atomic mass is 16.5. The van der Waals surface area contributed by atoms with E-state index in [1.807, 2.05) is 18.2 Å². The lowest BCUT2D eigenvalue weighted by atomic mass is 9.87. The SMILES string of the molecule is CC1CCC(NC(=O)c2cccc3c2OCCN3)CC1. The molecule has 2 N–H and O–H groups in total. The minimum Gasteiger partial charge on any atom is -0.489 e. The molecule has 4 nitrogen and oxygen atoms in total. The summed E-state index contributed by atoms with van der Waals surface area (Å²) in [6.45, 7) is 3.68. The Balaban J connectivity index is 1.71. The van der Waals surface area contributed by atoms with Crippen LogP contribution in [-0.2, 0) is 0 Å². The van der Waals surface area contributed by atoms with Crippen LogP contribution in [0, 0.1) is 5.92 Å². The highest BCUT2D eigenvalue weighted by Crippen LogP contribution is 2.31. The highest BCUT2D eigenvalue weighted by Gasteiger charge is 2.23. The normalized spacial score (nSPS) is 25.1. The second kappa shape index (κ2) is 5.73. The van der Waals surface area contributed by atoms with E-state index < -0.39 is 0 Å². The first-order valence-corrected chi connectivity index (χ1v) is 7.54. The molecule has 1 saturated carbocycles. The van der Waals surface area contributed by atoms with E-state index in [9.17, 15) is 4.79 Å². The molecule has 1 aliphatic heterocycles. The molecule has 108 valence electrons. The average Bonchev–Trinajstić information content (AvgIpc) is 2.49. The lowest BCUT2D eigenvalue weighted by Crippen LogP contribution is -2.37. The number of hydrogen-bond acceptors (Lipinski definition) is 3. The third-order valence-electron chi connectivity index (χ3n) is 4.27. The summed E-state index contributed by atoms with van der Waals surface area (Å²) in [5, 5.41) is 6.42. The van der Waals surface area contributed by atoms with Gasteiger partial charge in [0.2, 0.25) is 0 Å². The van der Waals surface area contributed by atoms with Gasteiger partial charge in [0, 0.05) is 12.6 Å². The van der Waals surface area contributed by atoms with Gasteiger partial charge < -0.3 is 15.4 Å². The lowest BCUT2D eigenvalue weighted by Gasteiger charge is -2.27. The standard InChI is InChI=1S/C16H22N2O2/c1-11-5-7-12(8-6-11)18-16(19)13-3-2-4-14-15(13)20-10-9-17-14/h2-4,11-12,17H,5-10H2,1H3,(H,18,19). The molecule has 0 unspecified atom stereocenters. The molecular formula is C16H22N2O2. The van der Waals surface area contributed by atoms with Crippen LogP contribution in [0.3, 0.4) is 0 Å². The van der Waals surface area contributed by atoms with Crippen molar-refractivity contribution in [1.29, 1.82) is 0 Å². The first-order valence-electron chi connectivity index (χ1n) is 7.54. The predicted molar refractivity (Wildman–Crippen MR) is 79.3 cm³/mol. The van der Waals surface area contributed by atoms with Gasteiger partial charge in [0.05, 0.1) is 11.3 Å². The molecule has 1 fully saturated rings. The van der Waals surface area contributed by atoms with E-state index in [0.717, 1.165) is 31.0 Å². The summed E-state index contributed by atoms with van der Waals surface area (Å²) in [7, 11) is 0. The molecule has 1 aromatic rings. The van der Waals surface area contributed by atoms with Gasteiger partial charge in [-0.1, -0.05) is 13.0 Å². The second-order valence-corrected chi connectivity index (χ2v) is 5.89. The zero-order chi connectivity index (χ0) is 13.9. The van der Waals surface area contributed by atoms with E-state index in [-0.39, 0.29) is 5.91 Å². The van der Waals surface area contributed by atoms with Crippen molar-refractivity contribution in [2.45, 2.75) is 38.6 Å². The van der Waals surface area contributed by atoms with Gasteiger partial charge in [0.1, 0.15) is 6.61 Å². The topological polar surface area (TPSA) is 50.4 Å². The Hall–Kier alpha value is -1.71. The molecule has 0 radical (unpaired) electrons. The van der Waals surface area contributed by atoms with Crippen molar-refractivity contribution >= 4 is 11.6 Å². The fourth-order valence-corrected chi connectivity index (χ4v) is 3.02. The fraction of sp³-hybridized carbons (Fsp3) is 0.562. The Morgan fingerprint density at radius 2 is 2.10 bits per heavy atom. The minimum atomic E-state index is -0.00916. The molecule has 0 bridgehead atoms. The molecule has 0 saturated heterocycles. The van der Waals surface area contributed by atoms with Gasteiger partial charge in [0.25, 0.3) is 5.91 Å². The van der Waals surface area contributed by atoms with Crippen LogP contribution in [0.2, 0.25) is 0 Å². The van der Waals surface area contributed by atoms with E-state index in [2.05, 4.69) is 17.6 Å². The number of benzene rings is 1. The van der Waals surface area contributed by atoms with E-state index in [1.54, 1.807) is 0 Å². The van der Waals surface area contributed by atoms with Gasteiger partial charge in [-0.25, -0.2) is 0 Å². The Morgan fingerprint density at radius 3 is 2.90 bits per heavy atom. The summed E-state index contributed by atoms with van der Waals surface area (Å²) < 4.78 is 5.66. The zero-order valence-electron chi connectivity index (χ0n) is 11.9. The van der Waals surface area contributed by atoms with Gasteiger partial charge in [0.15, 0.2) is 5.75 Å². The van der Waals surface area contributed by atoms with Crippen LogP contribution in [-0.4, -0.2) is 25.1 Å². The van der Waals surface area contributed by atoms with Crippen molar-refractivity contribution in [3.8, 4) is 5.75 Å². The third-order valence-corrected chi connectivity index (χ3v) is 4.27. The van der Waals surface area contributed by atoms with Crippen molar-refractivity contribution in [3.63, 3.8) is 0 Å². The van der Waals surface area contributed by atoms with Crippen molar-refractivity contribution in [2.75, 3.05) is 18.5 Å². The number of anilines is 1. The molecule has 1 amide bonds. The molecule has 4 heteroatoms. The summed E-state index contributed by atoms with van der Waals surface area (Å²) in [6.07, 6.45) is 4.58. The Kier molecular flexibility index (Phi) is 3.81. The van der Waals surface area contributed by atoms with Crippen LogP contribution in [0.15, 0.2) is 18.2 Å². The van der Waals surface area contributed by atoms with Crippen molar-refractivity contribution < 1.29 is 9.53 Å². The summed E-state index contributed by atoms with van der Waals surface area (Å²) in [5.41, 5.74) is 1.56. The number of carbonyl (C=O) groups is 1. The van der Waals surface area contributed by atoms with Crippen molar-refractivity contribution in [3.05, 3.63) is 23.8 Å². The van der Waals surface area contributed by atoms with Gasteiger partial charge in [-0.15, -0.1) is 0 Å². The summed E-state index contributed by atoms with van der Waals surface area (Å²) in [6, 6.07) is 6.00. The number of para-hydroxylation sites is 1. The summed E-state index contributed by atoms with van der Waals surface area (Å²) >= 11 is 0. The van der Waals surface area contributed by atoms with Crippen LogP contribution < -0.4 is 15.4 Å². The lowest BCUT2D eigenvalue weighted by molar-refractivity contribution is 0.0919. The number of carbonyl (C=O) groups excluding carboxylic acids is 1. The van der Waals surface area contributed by atoms with Crippen LogP contribution in [0.1, 0.15) is 43.0 Å². The monoisotopic (exact) mass is 274 g/mol. The van der Waals surface area contributed by atoms with E-state index in [4.69, 9.17) is 4.74 Å². The van der Waals surface area contributed by atoms with E-state index in [1.165, 1.54) is 12.8 Å². The Labute approximate surface area is 119 Å². The molecule has 1 aliphatic carbocycles. The summed E-state index contributed by atoms with van der Waals surface area (Å²) in [5.74, 6) is 1.48. The van der Waals surface area contributed by atoms with Crippen LogP contribution in [0.5, 0.6) is 5.75 Å². The average molecular weight is 274 g/mol. The second-order valence-electron chi connectivity index (χ2n) is 5.89. The number of fused-ring (bicyclic) bond motifs is 1. The van der Waals surface area contributed by atoms with E-state index in [0.29, 0.717) is 24.0 Å². The molecule has 1 aromatic carbocycles. The third kappa shape index (κ3) is 2.74. The Morgan fingerprint density at radius 1 is 1.30 bits per heavy atom. The van der Waals surface area contributed by atoms with E-state index >= 15 is 0 Å². The van der Waals surface area contributed by atoms with Crippen molar-refractivity contribution in [1.82, 2.24) is 5.32 Å². The molecule has 2 aliphatic rings. The molecule has 20 heavy (non-hydrogen) atoms. The van der Waals surface area contributed by atoms with Crippen LogP contribution in [0.25, 0.3) is 0 Å². The van der Waals surface area contributed by atoms with Gasteiger partial charge in [-0.05, 0) is 43.7 Å². The zero-order valence-corrected chi connectivity index (χ0v) is 11.9. The summed E-state index contributed by atoms with van der Waals surface area (Å²) in [4.78, 5) is 12.4. The quantitative estimate of drug-likeness (QED) is 0.872. The Bertz CT molecular complexity index is 493. The number of amides is 1. The fourth-order valence-electron chi connectivity index (χ4n) is 3.02. The number of nitrogens with one attached hydrogen (secondary N) is 2. The predicted octanol–water partition coefficient (Wildman–Crippen LogP) is 2.80. The molecule has 1 heterocycles. The van der Waals surface area contributed by atoms with Gasteiger partial charge in [-0.3, -0.25) is 4.79 Å². The van der Waals surface area contributed by atoms with Crippen LogP contribution in [0.4, 0.5) is 5.69 Å². The largest absolute Gasteiger partial charge is 0.489 e. The maximum atomic E-state index is 12.4. The van der Waals surface area contributed by atoms with Gasteiger partial charge >= 0.3 is 0 Å². The maximum Gasteiger partial charge on any atom is 0.255 e. The van der Waals surface area contributed by atoms with Crippen molar-refractivity contribution in [2.24, 2.45) is 5.92 Å². The molecule has 0 aromatic heterocycles. The molecule has 3 rings (SSSR count). The molecule has 0 spiro atoms. The minimum absolute atomic E-state index is 0.00916. The first-order chi connectivity index (χ1) is 9.74.